The van der Waals surface area contributed by atoms with E-state index in [9.17, 15) is 9.59 Å². The van der Waals surface area contributed by atoms with Gasteiger partial charge in [-0.2, -0.15) is 0 Å². The Hall–Kier alpha value is -2.67. The lowest BCUT2D eigenvalue weighted by molar-refractivity contribution is -0.116. The molecule has 7 heteroatoms. The molecule has 1 atom stereocenters. The Morgan fingerprint density at radius 3 is 2.89 bits per heavy atom. The van der Waals surface area contributed by atoms with Gasteiger partial charge < -0.3 is 20.5 Å². The number of rotatable bonds is 5. The van der Waals surface area contributed by atoms with Crippen molar-refractivity contribution in [1.82, 2.24) is 14.5 Å². The Kier molecular flexibility index (Phi) is 5.60. The molecule has 1 aliphatic heterocycles. The van der Waals surface area contributed by atoms with E-state index in [-0.39, 0.29) is 23.3 Å². The van der Waals surface area contributed by atoms with Gasteiger partial charge in [-0.15, -0.1) is 0 Å². The van der Waals surface area contributed by atoms with Crippen LogP contribution < -0.4 is 11.1 Å². The first-order valence-corrected chi connectivity index (χ1v) is 9.26. The maximum Gasteiger partial charge on any atom is 0.253 e. The minimum absolute atomic E-state index is 0.0236. The van der Waals surface area contributed by atoms with Gasteiger partial charge in [-0.05, 0) is 30.0 Å². The van der Waals surface area contributed by atoms with Crippen LogP contribution in [0.2, 0.25) is 0 Å². The molecule has 144 valence electrons. The molecule has 2 heterocycles. The molecule has 1 aliphatic rings. The Labute approximate surface area is 159 Å². The second kappa shape index (κ2) is 7.92. The summed E-state index contributed by atoms with van der Waals surface area (Å²) in [5, 5.41) is 2.86. The molecule has 1 aromatic heterocycles. The fraction of sp³-hybridized carbons (Fsp3) is 0.450. The van der Waals surface area contributed by atoms with Gasteiger partial charge in [-0.3, -0.25) is 9.59 Å². The lowest BCUT2D eigenvalue weighted by Gasteiger charge is -2.42. The Morgan fingerprint density at radius 2 is 2.19 bits per heavy atom. The van der Waals surface area contributed by atoms with E-state index >= 15 is 0 Å². The molecule has 1 unspecified atom stereocenters. The number of imidazole rings is 1. The molecule has 3 N–H and O–H groups in total. The number of carbonyl (C=O) groups is 2. The largest absolute Gasteiger partial charge is 0.338 e. The average Bonchev–Trinajstić information content (AvgIpc) is 3.15. The summed E-state index contributed by atoms with van der Waals surface area (Å²) in [6.07, 6.45) is 6.31. The summed E-state index contributed by atoms with van der Waals surface area (Å²) in [6, 6.07) is 7.20. The van der Waals surface area contributed by atoms with Gasteiger partial charge in [0.15, 0.2) is 0 Å². The molecule has 1 saturated heterocycles. The van der Waals surface area contributed by atoms with Crippen LogP contribution in [0.25, 0.3) is 0 Å². The molecule has 2 amide bonds. The predicted octanol–water partition coefficient (Wildman–Crippen LogP) is 2.11. The number of carbonyl (C=O) groups excluding carboxylic acids is 2. The molecule has 1 fully saturated rings. The molecular formula is C20H27N5O2. The highest BCUT2D eigenvalue weighted by Gasteiger charge is 2.35. The number of benzene rings is 1. The van der Waals surface area contributed by atoms with Crippen molar-refractivity contribution in [2.24, 2.45) is 11.1 Å². The smallest absolute Gasteiger partial charge is 0.253 e. The highest BCUT2D eigenvalue weighted by atomic mass is 16.2. The third-order valence-corrected chi connectivity index (χ3v) is 5.15. The van der Waals surface area contributed by atoms with Crippen LogP contribution in [0.1, 0.15) is 37.0 Å². The fourth-order valence-corrected chi connectivity index (χ4v) is 3.33. The Balaban J connectivity index is 1.61. The van der Waals surface area contributed by atoms with Gasteiger partial charge in [-0.1, -0.05) is 19.9 Å². The normalized spacial score (nSPS) is 18.9. The number of nitrogens with zero attached hydrogens (tertiary/aromatic N) is 3. The molecule has 7 nitrogen and oxygen atoms in total. The second-order valence-corrected chi connectivity index (χ2v) is 7.79. The molecule has 27 heavy (non-hydrogen) atoms. The summed E-state index contributed by atoms with van der Waals surface area (Å²) in [4.78, 5) is 30.8. The van der Waals surface area contributed by atoms with E-state index < -0.39 is 0 Å². The highest BCUT2D eigenvalue weighted by molar-refractivity contribution is 5.97. The lowest BCUT2D eigenvalue weighted by Crippen LogP contribution is -2.54. The van der Waals surface area contributed by atoms with E-state index in [4.69, 9.17) is 5.73 Å². The Morgan fingerprint density at radius 1 is 1.37 bits per heavy atom. The average molecular weight is 369 g/mol. The van der Waals surface area contributed by atoms with Crippen molar-refractivity contribution in [2.75, 3.05) is 18.4 Å². The third-order valence-electron chi connectivity index (χ3n) is 5.15. The number of aromatic nitrogens is 2. The molecule has 0 radical (unpaired) electrons. The zero-order chi connectivity index (χ0) is 19.4. The van der Waals surface area contributed by atoms with Crippen LogP contribution in [0.5, 0.6) is 0 Å². The highest BCUT2D eigenvalue weighted by Crippen LogP contribution is 2.28. The van der Waals surface area contributed by atoms with Crippen molar-refractivity contribution in [3.63, 3.8) is 0 Å². The quantitative estimate of drug-likeness (QED) is 0.844. The predicted molar refractivity (Wildman–Crippen MR) is 104 cm³/mol. The van der Waals surface area contributed by atoms with Crippen LogP contribution in [0.3, 0.4) is 0 Å². The summed E-state index contributed by atoms with van der Waals surface area (Å²) in [5.74, 6) is -0.122. The topological polar surface area (TPSA) is 93.2 Å². The van der Waals surface area contributed by atoms with Crippen molar-refractivity contribution in [3.05, 3.63) is 48.5 Å². The summed E-state index contributed by atoms with van der Waals surface area (Å²) in [6.45, 7) is 6.04. The monoisotopic (exact) mass is 369 g/mol. The molecule has 0 saturated carbocycles. The van der Waals surface area contributed by atoms with E-state index in [2.05, 4.69) is 24.1 Å². The van der Waals surface area contributed by atoms with Crippen molar-refractivity contribution < 1.29 is 9.59 Å². The zero-order valence-corrected chi connectivity index (χ0v) is 15.9. The van der Waals surface area contributed by atoms with Gasteiger partial charge in [0.1, 0.15) is 0 Å². The van der Waals surface area contributed by atoms with Crippen LogP contribution in [-0.2, 0) is 11.3 Å². The van der Waals surface area contributed by atoms with Gasteiger partial charge in [-0.25, -0.2) is 4.98 Å². The second-order valence-electron chi connectivity index (χ2n) is 7.79. The maximum absolute atomic E-state index is 12.9. The Bertz CT molecular complexity index is 800. The standard InChI is InChI=1S/C20H27N5O2/c1-20(2)13-25(10-6-17(20)21)19(27)15-4-3-5-16(12-15)23-18(26)7-9-24-11-8-22-14-24/h3-5,8,11-12,14,17H,6-7,9-10,13,21H2,1-2H3,(H,23,26). The van der Waals surface area contributed by atoms with Gasteiger partial charge in [0.2, 0.25) is 5.91 Å². The van der Waals surface area contributed by atoms with Crippen molar-refractivity contribution in [3.8, 4) is 0 Å². The number of amides is 2. The van der Waals surface area contributed by atoms with Crippen LogP contribution in [0.15, 0.2) is 43.0 Å². The van der Waals surface area contributed by atoms with Crippen LogP contribution in [-0.4, -0.2) is 45.4 Å². The van der Waals surface area contributed by atoms with E-state index in [1.165, 1.54) is 0 Å². The number of nitrogens with one attached hydrogen (secondary N) is 1. The minimum atomic E-state index is -0.104. The zero-order valence-electron chi connectivity index (χ0n) is 15.9. The molecular weight excluding hydrogens is 342 g/mol. The number of piperidine rings is 1. The number of hydrogen-bond acceptors (Lipinski definition) is 4. The first-order chi connectivity index (χ1) is 12.8. The van der Waals surface area contributed by atoms with Crippen LogP contribution >= 0.6 is 0 Å². The molecule has 1 aromatic carbocycles. The minimum Gasteiger partial charge on any atom is -0.338 e. The van der Waals surface area contributed by atoms with Gasteiger partial charge >= 0.3 is 0 Å². The van der Waals surface area contributed by atoms with E-state index in [0.29, 0.717) is 37.3 Å². The number of aryl methyl sites for hydroxylation is 1. The molecule has 0 spiro atoms. The fourth-order valence-electron chi connectivity index (χ4n) is 3.33. The first-order valence-electron chi connectivity index (χ1n) is 9.26. The number of anilines is 1. The first kappa shape index (κ1) is 19.1. The number of hydrogen-bond donors (Lipinski definition) is 2. The molecule has 3 rings (SSSR count). The number of likely N-dealkylation sites (tertiary alicyclic amines) is 1. The van der Waals surface area contributed by atoms with Crippen LogP contribution in [0.4, 0.5) is 5.69 Å². The van der Waals surface area contributed by atoms with E-state index in [0.717, 1.165) is 6.42 Å². The SMILES string of the molecule is CC1(C)CN(C(=O)c2cccc(NC(=O)CCn3ccnc3)c2)CCC1N. The maximum atomic E-state index is 12.9. The van der Waals surface area contributed by atoms with Crippen LogP contribution in [0, 0.1) is 5.41 Å². The van der Waals surface area contributed by atoms with E-state index in [1.807, 2.05) is 15.7 Å². The summed E-state index contributed by atoms with van der Waals surface area (Å²) >= 11 is 0. The molecule has 0 bridgehead atoms. The van der Waals surface area contributed by atoms with Gasteiger partial charge in [0.05, 0.1) is 6.33 Å². The van der Waals surface area contributed by atoms with Crippen molar-refractivity contribution >= 4 is 17.5 Å². The molecule has 0 aliphatic carbocycles. The van der Waals surface area contributed by atoms with E-state index in [1.54, 1.807) is 36.8 Å². The van der Waals surface area contributed by atoms with Crippen molar-refractivity contribution in [1.29, 1.82) is 0 Å². The number of nitrogens with two attached hydrogens (primary N) is 1. The van der Waals surface area contributed by atoms with Crippen molar-refractivity contribution in [2.45, 2.75) is 39.3 Å². The summed E-state index contributed by atoms with van der Waals surface area (Å²) in [5.41, 5.74) is 7.27. The lowest BCUT2D eigenvalue weighted by atomic mass is 9.79. The van der Waals surface area contributed by atoms with Gasteiger partial charge in [0.25, 0.3) is 5.91 Å². The molecule has 2 aromatic rings. The summed E-state index contributed by atoms with van der Waals surface area (Å²) in [7, 11) is 0. The summed E-state index contributed by atoms with van der Waals surface area (Å²) < 4.78 is 1.85. The third kappa shape index (κ3) is 4.74. The van der Waals surface area contributed by atoms with Gasteiger partial charge in [0, 0.05) is 55.7 Å².